The maximum atomic E-state index is 11.4. The fourth-order valence-electron chi connectivity index (χ4n) is 2.74. The molecule has 1 unspecified atom stereocenters. The van der Waals surface area contributed by atoms with Crippen LogP contribution in [0.2, 0.25) is 0 Å². The molecule has 0 bridgehead atoms. The standard InChI is InChI=1S/C16H17NO3S/c1-11-8-14(6-7-16(11)21(17,18)19)20-10-13-9-12-4-2-3-5-15(12)13/h2-8,13H,9-10H2,1H3,(H2,17,18,19). The first kappa shape index (κ1) is 14.1. The maximum Gasteiger partial charge on any atom is 0.238 e. The van der Waals surface area contributed by atoms with Crippen molar-refractivity contribution >= 4 is 10.0 Å². The van der Waals surface area contributed by atoms with Crippen molar-refractivity contribution in [2.24, 2.45) is 5.14 Å². The number of nitrogens with two attached hydrogens (primary N) is 1. The topological polar surface area (TPSA) is 69.4 Å². The first-order chi connectivity index (χ1) is 9.95. The summed E-state index contributed by atoms with van der Waals surface area (Å²) in [7, 11) is -3.67. The molecule has 0 fully saturated rings. The summed E-state index contributed by atoms with van der Waals surface area (Å²) in [5.74, 6) is 1.09. The van der Waals surface area contributed by atoms with Crippen LogP contribution in [0.5, 0.6) is 5.75 Å². The lowest BCUT2D eigenvalue weighted by Gasteiger charge is -2.29. The van der Waals surface area contributed by atoms with Gasteiger partial charge in [-0.15, -0.1) is 0 Å². The van der Waals surface area contributed by atoms with E-state index in [2.05, 4.69) is 12.1 Å². The lowest BCUT2D eigenvalue weighted by molar-refractivity contribution is 0.275. The van der Waals surface area contributed by atoms with Crippen LogP contribution in [-0.4, -0.2) is 15.0 Å². The molecule has 0 saturated carbocycles. The minimum Gasteiger partial charge on any atom is -0.493 e. The average molecular weight is 303 g/mol. The molecular formula is C16H17NO3S. The normalized spacial score (nSPS) is 17.0. The van der Waals surface area contributed by atoms with Crippen LogP contribution in [0.3, 0.4) is 0 Å². The van der Waals surface area contributed by atoms with E-state index >= 15 is 0 Å². The van der Waals surface area contributed by atoms with Crippen LogP contribution in [0.1, 0.15) is 22.6 Å². The van der Waals surface area contributed by atoms with Gasteiger partial charge in [0.05, 0.1) is 11.5 Å². The van der Waals surface area contributed by atoms with Gasteiger partial charge in [0.1, 0.15) is 5.75 Å². The van der Waals surface area contributed by atoms with Crippen molar-refractivity contribution in [2.45, 2.75) is 24.2 Å². The summed E-state index contributed by atoms with van der Waals surface area (Å²) in [5.41, 5.74) is 3.33. The molecule has 0 spiro atoms. The average Bonchev–Trinajstić information content (AvgIpc) is 2.38. The number of rotatable bonds is 4. The van der Waals surface area contributed by atoms with Gasteiger partial charge < -0.3 is 4.74 Å². The van der Waals surface area contributed by atoms with Crippen molar-refractivity contribution in [2.75, 3.05) is 6.61 Å². The van der Waals surface area contributed by atoms with Crippen LogP contribution in [0, 0.1) is 6.92 Å². The Bertz CT molecular complexity index is 784. The number of benzene rings is 2. The van der Waals surface area contributed by atoms with Gasteiger partial charge in [-0.2, -0.15) is 0 Å². The highest BCUT2D eigenvalue weighted by Crippen LogP contribution is 2.35. The van der Waals surface area contributed by atoms with E-state index in [1.165, 1.54) is 17.2 Å². The molecule has 5 heteroatoms. The van der Waals surface area contributed by atoms with Crippen LogP contribution in [0.25, 0.3) is 0 Å². The van der Waals surface area contributed by atoms with Gasteiger partial charge in [-0.05, 0) is 48.2 Å². The first-order valence-corrected chi connectivity index (χ1v) is 8.34. The highest BCUT2D eigenvalue weighted by atomic mass is 32.2. The second kappa shape index (κ2) is 5.16. The maximum absolute atomic E-state index is 11.4. The van der Waals surface area contributed by atoms with Crippen LogP contribution in [0.4, 0.5) is 0 Å². The Labute approximate surface area is 124 Å². The number of hydrogen-bond donors (Lipinski definition) is 1. The van der Waals surface area contributed by atoms with E-state index in [9.17, 15) is 8.42 Å². The second-order valence-corrected chi connectivity index (χ2v) is 6.91. The van der Waals surface area contributed by atoms with E-state index in [1.54, 1.807) is 19.1 Å². The van der Waals surface area contributed by atoms with Crippen molar-refractivity contribution in [3.05, 3.63) is 59.2 Å². The zero-order valence-electron chi connectivity index (χ0n) is 11.7. The lowest BCUT2D eigenvalue weighted by Crippen LogP contribution is -2.23. The number of hydrogen-bond acceptors (Lipinski definition) is 3. The molecule has 1 aliphatic carbocycles. The largest absolute Gasteiger partial charge is 0.493 e. The third-order valence-corrected chi connectivity index (χ3v) is 4.94. The van der Waals surface area contributed by atoms with E-state index in [0.717, 1.165) is 6.42 Å². The minimum absolute atomic E-state index is 0.142. The zero-order valence-corrected chi connectivity index (χ0v) is 12.6. The zero-order chi connectivity index (χ0) is 15.0. The fourth-order valence-corrected chi connectivity index (χ4v) is 3.50. The van der Waals surface area contributed by atoms with Crippen molar-refractivity contribution in [1.29, 1.82) is 0 Å². The smallest absolute Gasteiger partial charge is 0.238 e. The molecule has 3 rings (SSSR count). The number of aryl methyl sites for hydroxylation is 1. The summed E-state index contributed by atoms with van der Waals surface area (Å²) in [6.45, 7) is 2.32. The molecule has 2 aromatic rings. The second-order valence-electron chi connectivity index (χ2n) is 5.38. The Kier molecular flexibility index (Phi) is 3.47. The molecule has 0 aliphatic heterocycles. The van der Waals surface area contributed by atoms with E-state index in [-0.39, 0.29) is 4.90 Å². The van der Waals surface area contributed by atoms with Crippen LogP contribution < -0.4 is 9.88 Å². The first-order valence-electron chi connectivity index (χ1n) is 6.79. The van der Waals surface area contributed by atoms with Gasteiger partial charge in [0.25, 0.3) is 0 Å². The summed E-state index contributed by atoms with van der Waals surface area (Å²) in [6.07, 6.45) is 1.03. The van der Waals surface area contributed by atoms with E-state index < -0.39 is 10.0 Å². The molecule has 0 saturated heterocycles. The van der Waals surface area contributed by atoms with Gasteiger partial charge in [0.15, 0.2) is 0 Å². The van der Waals surface area contributed by atoms with Crippen molar-refractivity contribution in [3.63, 3.8) is 0 Å². The van der Waals surface area contributed by atoms with Gasteiger partial charge in [0.2, 0.25) is 10.0 Å². The van der Waals surface area contributed by atoms with Crippen molar-refractivity contribution in [3.8, 4) is 5.75 Å². The lowest BCUT2D eigenvalue weighted by atomic mass is 9.78. The summed E-state index contributed by atoms with van der Waals surface area (Å²) in [4.78, 5) is 0.142. The molecule has 0 heterocycles. The SMILES string of the molecule is Cc1cc(OCC2Cc3ccccc32)ccc1S(N)(=O)=O. The van der Waals surface area contributed by atoms with Gasteiger partial charge >= 0.3 is 0 Å². The minimum atomic E-state index is -3.67. The Morgan fingerprint density at radius 1 is 1.24 bits per heavy atom. The van der Waals surface area contributed by atoms with Gasteiger partial charge in [0, 0.05) is 5.92 Å². The third-order valence-electron chi connectivity index (χ3n) is 3.87. The third kappa shape index (κ3) is 2.80. The molecule has 1 atom stereocenters. The quantitative estimate of drug-likeness (QED) is 0.942. The van der Waals surface area contributed by atoms with E-state index in [1.807, 2.05) is 12.1 Å². The number of ether oxygens (including phenoxy) is 1. The fraction of sp³-hybridized carbons (Fsp3) is 0.250. The number of primary sulfonamides is 1. The van der Waals surface area contributed by atoms with Gasteiger partial charge in [-0.1, -0.05) is 24.3 Å². The molecule has 2 aromatic carbocycles. The molecule has 0 aromatic heterocycles. The van der Waals surface area contributed by atoms with E-state index in [0.29, 0.717) is 23.8 Å². The number of fused-ring (bicyclic) bond motifs is 1. The van der Waals surface area contributed by atoms with Crippen LogP contribution in [-0.2, 0) is 16.4 Å². The molecule has 0 amide bonds. The molecule has 4 nitrogen and oxygen atoms in total. The molecular weight excluding hydrogens is 286 g/mol. The Balaban J connectivity index is 1.69. The summed E-state index contributed by atoms with van der Waals surface area (Å²) < 4.78 is 28.5. The molecule has 0 radical (unpaired) electrons. The van der Waals surface area contributed by atoms with Crippen LogP contribution >= 0.6 is 0 Å². The molecule has 21 heavy (non-hydrogen) atoms. The van der Waals surface area contributed by atoms with Gasteiger partial charge in [-0.3, -0.25) is 0 Å². The predicted octanol–water partition coefficient (Wildman–Crippen LogP) is 2.36. The Morgan fingerprint density at radius 3 is 2.67 bits per heavy atom. The Hall–Kier alpha value is -1.85. The molecule has 110 valence electrons. The van der Waals surface area contributed by atoms with Crippen molar-refractivity contribution < 1.29 is 13.2 Å². The highest BCUT2D eigenvalue weighted by Gasteiger charge is 2.25. The predicted molar refractivity (Wildman–Crippen MR) is 80.9 cm³/mol. The summed E-state index contributed by atoms with van der Waals surface area (Å²) in [6, 6.07) is 13.2. The highest BCUT2D eigenvalue weighted by molar-refractivity contribution is 7.89. The summed E-state index contributed by atoms with van der Waals surface area (Å²) >= 11 is 0. The van der Waals surface area contributed by atoms with Crippen LogP contribution in [0.15, 0.2) is 47.4 Å². The number of sulfonamides is 1. The van der Waals surface area contributed by atoms with Gasteiger partial charge in [-0.25, -0.2) is 13.6 Å². The monoisotopic (exact) mass is 303 g/mol. The molecule has 2 N–H and O–H groups in total. The van der Waals surface area contributed by atoms with E-state index in [4.69, 9.17) is 9.88 Å². The Morgan fingerprint density at radius 2 is 2.00 bits per heavy atom. The van der Waals surface area contributed by atoms with Crippen molar-refractivity contribution in [1.82, 2.24) is 0 Å². The summed E-state index contributed by atoms with van der Waals surface area (Å²) in [5, 5.41) is 5.15. The molecule has 1 aliphatic rings.